The second-order valence-electron chi connectivity index (χ2n) is 5.84. The highest BCUT2D eigenvalue weighted by Gasteiger charge is 2.19. The minimum absolute atomic E-state index is 0.427. The molecule has 0 amide bonds. The van der Waals surface area contributed by atoms with Crippen molar-refractivity contribution in [3.8, 4) is 6.07 Å². The monoisotopic (exact) mass is 283 g/mol. The number of hydrogen-bond acceptors (Lipinski definition) is 4. The summed E-state index contributed by atoms with van der Waals surface area (Å²) in [6, 6.07) is 8.14. The Morgan fingerprint density at radius 1 is 1.33 bits per heavy atom. The number of imidazole rings is 1. The number of nitrogens with two attached hydrogens (primary N) is 1. The molecule has 5 heteroatoms. The van der Waals surface area contributed by atoms with Gasteiger partial charge in [0.05, 0.1) is 22.7 Å². The molecular weight excluding hydrogens is 262 g/mol. The second kappa shape index (κ2) is 5.74. The van der Waals surface area contributed by atoms with Crippen LogP contribution in [0.5, 0.6) is 0 Å². The van der Waals surface area contributed by atoms with Gasteiger partial charge < -0.3 is 10.3 Å². The molecule has 0 saturated carbocycles. The van der Waals surface area contributed by atoms with E-state index in [9.17, 15) is 0 Å². The summed E-state index contributed by atoms with van der Waals surface area (Å²) < 4.78 is 2.04. The molecule has 1 unspecified atom stereocenters. The van der Waals surface area contributed by atoms with Crippen LogP contribution in [0.4, 0.5) is 5.95 Å². The third-order valence-corrected chi connectivity index (χ3v) is 4.37. The number of fused-ring (bicyclic) bond motifs is 1. The van der Waals surface area contributed by atoms with E-state index in [4.69, 9.17) is 11.0 Å². The highest BCUT2D eigenvalue weighted by atomic mass is 15.2. The van der Waals surface area contributed by atoms with Gasteiger partial charge in [0.2, 0.25) is 5.95 Å². The van der Waals surface area contributed by atoms with Crippen LogP contribution < -0.4 is 5.73 Å². The standard InChI is InChI=1S/C16H21N5/c1-12(20-7-3-2-4-8-20)11-21-15-9-13(10-17)5-6-14(15)19-16(21)18/h5-6,9,12H,2-4,7-8,11H2,1H3,(H2,18,19). The maximum absolute atomic E-state index is 9.06. The lowest BCUT2D eigenvalue weighted by molar-refractivity contribution is 0.161. The van der Waals surface area contributed by atoms with E-state index in [2.05, 4.69) is 22.9 Å². The molecule has 0 radical (unpaired) electrons. The summed E-state index contributed by atoms with van der Waals surface area (Å²) in [6.07, 6.45) is 3.90. The first kappa shape index (κ1) is 13.9. The summed E-state index contributed by atoms with van der Waals surface area (Å²) in [6.45, 7) is 5.39. The van der Waals surface area contributed by atoms with Crippen molar-refractivity contribution in [2.24, 2.45) is 0 Å². The number of piperidine rings is 1. The van der Waals surface area contributed by atoms with E-state index in [-0.39, 0.29) is 0 Å². The molecule has 1 saturated heterocycles. The number of anilines is 1. The van der Waals surface area contributed by atoms with Crippen LogP contribution in [0.2, 0.25) is 0 Å². The molecule has 3 rings (SSSR count). The first-order chi connectivity index (χ1) is 10.2. The maximum Gasteiger partial charge on any atom is 0.201 e. The zero-order valence-corrected chi connectivity index (χ0v) is 12.4. The van der Waals surface area contributed by atoms with Crippen LogP contribution in [0.1, 0.15) is 31.7 Å². The second-order valence-corrected chi connectivity index (χ2v) is 5.84. The number of rotatable bonds is 3. The quantitative estimate of drug-likeness (QED) is 0.938. The molecule has 1 aliphatic rings. The molecular formula is C16H21N5. The largest absolute Gasteiger partial charge is 0.369 e. The van der Waals surface area contributed by atoms with Gasteiger partial charge in [0.15, 0.2) is 0 Å². The van der Waals surface area contributed by atoms with Crippen LogP contribution in [0.3, 0.4) is 0 Å². The predicted molar refractivity (Wildman–Crippen MR) is 83.7 cm³/mol. The summed E-state index contributed by atoms with van der Waals surface area (Å²) in [4.78, 5) is 6.92. The van der Waals surface area contributed by atoms with Gasteiger partial charge in [-0.2, -0.15) is 5.26 Å². The number of benzene rings is 1. The van der Waals surface area contributed by atoms with Crippen molar-refractivity contribution in [3.63, 3.8) is 0 Å². The van der Waals surface area contributed by atoms with Crippen LogP contribution in [0.25, 0.3) is 11.0 Å². The molecule has 110 valence electrons. The van der Waals surface area contributed by atoms with Crippen LogP contribution >= 0.6 is 0 Å². The van der Waals surface area contributed by atoms with Gasteiger partial charge in [-0.05, 0) is 51.1 Å². The normalized spacial score (nSPS) is 17.7. The van der Waals surface area contributed by atoms with E-state index in [0.29, 0.717) is 17.6 Å². The topological polar surface area (TPSA) is 70.9 Å². The number of nitriles is 1. The molecule has 2 aromatic rings. The fourth-order valence-electron chi connectivity index (χ4n) is 3.14. The zero-order chi connectivity index (χ0) is 14.8. The van der Waals surface area contributed by atoms with Crippen molar-refractivity contribution in [2.45, 2.75) is 38.8 Å². The van der Waals surface area contributed by atoms with Gasteiger partial charge in [0.1, 0.15) is 0 Å². The van der Waals surface area contributed by atoms with E-state index < -0.39 is 0 Å². The highest BCUT2D eigenvalue weighted by Crippen LogP contribution is 2.21. The molecule has 0 bridgehead atoms. The van der Waals surface area contributed by atoms with E-state index in [0.717, 1.165) is 30.7 Å². The van der Waals surface area contributed by atoms with Gasteiger partial charge in [-0.15, -0.1) is 0 Å². The van der Waals surface area contributed by atoms with E-state index >= 15 is 0 Å². The SMILES string of the molecule is CC(Cn1c(N)nc2ccc(C#N)cc21)N1CCCCC1. The average Bonchev–Trinajstić information content (AvgIpc) is 2.83. The molecule has 1 aliphatic heterocycles. The highest BCUT2D eigenvalue weighted by molar-refractivity contribution is 5.79. The van der Waals surface area contributed by atoms with Crippen molar-refractivity contribution in [1.29, 1.82) is 5.26 Å². The number of hydrogen-bond donors (Lipinski definition) is 1. The van der Waals surface area contributed by atoms with Gasteiger partial charge in [0, 0.05) is 12.6 Å². The van der Waals surface area contributed by atoms with Crippen molar-refractivity contribution < 1.29 is 0 Å². The van der Waals surface area contributed by atoms with E-state index in [1.807, 2.05) is 16.7 Å². The first-order valence-corrected chi connectivity index (χ1v) is 7.59. The number of likely N-dealkylation sites (tertiary alicyclic amines) is 1. The van der Waals surface area contributed by atoms with Crippen molar-refractivity contribution >= 4 is 17.0 Å². The Labute approximate surface area is 125 Å². The van der Waals surface area contributed by atoms with E-state index in [1.165, 1.54) is 19.3 Å². The smallest absolute Gasteiger partial charge is 0.201 e. The molecule has 0 spiro atoms. The van der Waals surface area contributed by atoms with Gasteiger partial charge in [0.25, 0.3) is 0 Å². The molecule has 5 nitrogen and oxygen atoms in total. The van der Waals surface area contributed by atoms with Gasteiger partial charge in [-0.1, -0.05) is 6.42 Å². The van der Waals surface area contributed by atoms with E-state index in [1.54, 1.807) is 6.07 Å². The lowest BCUT2D eigenvalue weighted by atomic mass is 10.1. The zero-order valence-electron chi connectivity index (χ0n) is 12.4. The molecule has 0 aliphatic carbocycles. The number of nitrogens with zero attached hydrogens (tertiary/aromatic N) is 4. The molecule has 1 aromatic heterocycles. The molecule has 2 heterocycles. The van der Waals surface area contributed by atoms with Crippen molar-refractivity contribution in [3.05, 3.63) is 23.8 Å². The molecule has 1 aromatic carbocycles. The Kier molecular flexibility index (Phi) is 3.80. The van der Waals surface area contributed by atoms with Crippen LogP contribution in [0, 0.1) is 11.3 Å². The van der Waals surface area contributed by atoms with Crippen LogP contribution in [-0.4, -0.2) is 33.6 Å². The fourth-order valence-corrected chi connectivity index (χ4v) is 3.14. The lowest BCUT2D eigenvalue weighted by Gasteiger charge is -2.32. The van der Waals surface area contributed by atoms with Gasteiger partial charge in [-0.25, -0.2) is 4.98 Å². The average molecular weight is 283 g/mol. The Morgan fingerprint density at radius 3 is 2.81 bits per heavy atom. The summed E-state index contributed by atoms with van der Waals surface area (Å²) in [5.41, 5.74) is 8.53. The van der Waals surface area contributed by atoms with Gasteiger partial charge >= 0.3 is 0 Å². The molecule has 2 N–H and O–H groups in total. The predicted octanol–water partition coefficient (Wildman–Crippen LogP) is 2.36. The minimum atomic E-state index is 0.427. The fraction of sp³-hybridized carbons (Fsp3) is 0.500. The lowest BCUT2D eigenvalue weighted by Crippen LogP contribution is -2.39. The van der Waals surface area contributed by atoms with Crippen molar-refractivity contribution in [1.82, 2.24) is 14.5 Å². The Hall–Kier alpha value is -2.06. The van der Waals surface area contributed by atoms with Crippen LogP contribution in [-0.2, 0) is 6.54 Å². The molecule has 1 atom stereocenters. The molecule has 1 fully saturated rings. The number of aromatic nitrogens is 2. The Balaban J connectivity index is 1.88. The summed E-state index contributed by atoms with van der Waals surface area (Å²) in [7, 11) is 0. The Bertz CT molecular complexity index is 676. The third kappa shape index (κ3) is 2.72. The third-order valence-electron chi connectivity index (χ3n) is 4.37. The minimum Gasteiger partial charge on any atom is -0.369 e. The Morgan fingerprint density at radius 2 is 2.10 bits per heavy atom. The summed E-state index contributed by atoms with van der Waals surface area (Å²) in [5.74, 6) is 0.531. The summed E-state index contributed by atoms with van der Waals surface area (Å²) in [5, 5.41) is 9.06. The molecule has 21 heavy (non-hydrogen) atoms. The van der Waals surface area contributed by atoms with Crippen molar-refractivity contribution in [2.75, 3.05) is 18.8 Å². The number of nitrogen functional groups attached to an aromatic ring is 1. The first-order valence-electron chi connectivity index (χ1n) is 7.59. The van der Waals surface area contributed by atoms with Crippen LogP contribution in [0.15, 0.2) is 18.2 Å². The summed E-state index contributed by atoms with van der Waals surface area (Å²) >= 11 is 0. The van der Waals surface area contributed by atoms with Gasteiger partial charge in [-0.3, -0.25) is 4.90 Å². The maximum atomic E-state index is 9.06.